The van der Waals surface area contributed by atoms with E-state index in [0.717, 1.165) is 18.4 Å². The van der Waals surface area contributed by atoms with Crippen LogP contribution in [0.4, 0.5) is 4.39 Å². The molecule has 2 nitrogen and oxygen atoms in total. The molecule has 96 valence electrons. The molecule has 1 saturated carbocycles. The fourth-order valence-electron chi connectivity index (χ4n) is 2.28. The molecule has 2 aromatic carbocycles. The molecular weight excluding hydrogens is 241 g/mol. The molecule has 0 unspecified atom stereocenters. The van der Waals surface area contributed by atoms with Crippen molar-refractivity contribution in [1.29, 1.82) is 0 Å². The zero-order chi connectivity index (χ0) is 13.3. The highest BCUT2D eigenvalue weighted by atomic mass is 19.1. The number of benzene rings is 2. The maximum atomic E-state index is 13.3. The topological polar surface area (TPSA) is 29.1 Å². The van der Waals surface area contributed by atoms with Crippen LogP contribution in [0, 0.1) is 5.82 Å². The van der Waals surface area contributed by atoms with Crippen molar-refractivity contribution in [2.75, 3.05) is 0 Å². The maximum Gasteiger partial charge on any atom is 0.251 e. The molecule has 2 aromatic rings. The summed E-state index contributed by atoms with van der Waals surface area (Å²) in [6.45, 7) is 0. The lowest BCUT2D eigenvalue weighted by Gasteiger charge is -2.18. The molecular formula is C16H14FNO. The summed E-state index contributed by atoms with van der Waals surface area (Å²) >= 11 is 0. The number of nitrogens with one attached hydrogen (secondary N) is 1. The van der Waals surface area contributed by atoms with E-state index in [4.69, 9.17) is 0 Å². The Morgan fingerprint density at radius 3 is 2.42 bits per heavy atom. The summed E-state index contributed by atoms with van der Waals surface area (Å²) in [5.74, 6) is -0.375. The van der Waals surface area contributed by atoms with Gasteiger partial charge in [-0.05, 0) is 42.7 Å². The van der Waals surface area contributed by atoms with E-state index in [2.05, 4.69) is 5.32 Å². The third-order valence-corrected chi connectivity index (χ3v) is 3.52. The Morgan fingerprint density at radius 1 is 1.05 bits per heavy atom. The van der Waals surface area contributed by atoms with Gasteiger partial charge in [0.05, 0.1) is 5.54 Å². The van der Waals surface area contributed by atoms with Crippen molar-refractivity contribution < 1.29 is 9.18 Å². The monoisotopic (exact) mass is 255 g/mol. The Bertz CT molecular complexity index is 605. The van der Waals surface area contributed by atoms with E-state index in [1.165, 1.54) is 12.1 Å². The second kappa shape index (κ2) is 4.50. The van der Waals surface area contributed by atoms with Crippen molar-refractivity contribution in [3.05, 3.63) is 71.5 Å². The molecule has 0 bridgehead atoms. The van der Waals surface area contributed by atoms with Gasteiger partial charge in [-0.2, -0.15) is 0 Å². The zero-order valence-electron chi connectivity index (χ0n) is 10.4. The van der Waals surface area contributed by atoms with Crippen LogP contribution in [0.1, 0.15) is 28.8 Å². The van der Waals surface area contributed by atoms with Gasteiger partial charge in [0.1, 0.15) is 5.82 Å². The average Bonchev–Trinajstić information content (AvgIpc) is 3.21. The first-order valence-electron chi connectivity index (χ1n) is 6.33. The second-order valence-electron chi connectivity index (χ2n) is 4.91. The van der Waals surface area contributed by atoms with Crippen LogP contribution in [0.25, 0.3) is 0 Å². The zero-order valence-corrected chi connectivity index (χ0v) is 10.4. The van der Waals surface area contributed by atoms with Crippen LogP contribution >= 0.6 is 0 Å². The molecule has 1 fully saturated rings. The van der Waals surface area contributed by atoms with Crippen LogP contribution in [0.5, 0.6) is 0 Å². The SMILES string of the molecule is O=C(NC1(c2cccc(F)c2)CC1)c1ccccc1. The summed E-state index contributed by atoms with van der Waals surface area (Å²) in [4.78, 5) is 12.2. The molecule has 1 aliphatic carbocycles. The lowest BCUT2D eigenvalue weighted by Crippen LogP contribution is -2.34. The van der Waals surface area contributed by atoms with Gasteiger partial charge >= 0.3 is 0 Å². The normalized spacial score (nSPS) is 15.8. The Balaban J connectivity index is 1.82. The molecule has 1 amide bonds. The molecule has 0 aromatic heterocycles. The van der Waals surface area contributed by atoms with Gasteiger partial charge in [-0.3, -0.25) is 4.79 Å². The molecule has 0 aliphatic heterocycles. The van der Waals surface area contributed by atoms with Gasteiger partial charge in [-0.1, -0.05) is 30.3 Å². The fraction of sp³-hybridized carbons (Fsp3) is 0.188. The van der Waals surface area contributed by atoms with Crippen molar-refractivity contribution in [2.45, 2.75) is 18.4 Å². The summed E-state index contributed by atoms with van der Waals surface area (Å²) in [6, 6.07) is 15.5. The van der Waals surface area contributed by atoms with Crippen LogP contribution in [-0.4, -0.2) is 5.91 Å². The third-order valence-electron chi connectivity index (χ3n) is 3.52. The van der Waals surface area contributed by atoms with Crippen molar-refractivity contribution >= 4 is 5.91 Å². The van der Waals surface area contributed by atoms with Crippen LogP contribution in [0.15, 0.2) is 54.6 Å². The molecule has 1 N–H and O–H groups in total. The van der Waals surface area contributed by atoms with Crippen molar-refractivity contribution in [3.8, 4) is 0 Å². The molecule has 1 aliphatic rings. The Kier molecular flexibility index (Phi) is 2.82. The minimum atomic E-state index is -0.380. The number of halogens is 1. The van der Waals surface area contributed by atoms with E-state index in [9.17, 15) is 9.18 Å². The van der Waals surface area contributed by atoms with Crippen molar-refractivity contribution in [3.63, 3.8) is 0 Å². The lowest BCUT2D eigenvalue weighted by molar-refractivity contribution is 0.0930. The van der Waals surface area contributed by atoms with Crippen LogP contribution in [0.2, 0.25) is 0 Å². The highest BCUT2D eigenvalue weighted by Crippen LogP contribution is 2.45. The van der Waals surface area contributed by atoms with E-state index in [-0.39, 0.29) is 17.3 Å². The van der Waals surface area contributed by atoms with Gasteiger partial charge in [-0.15, -0.1) is 0 Å². The number of carbonyl (C=O) groups excluding carboxylic acids is 1. The van der Waals surface area contributed by atoms with Gasteiger partial charge in [0.25, 0.3) is 5.91 Å². The Morgan fingerprint density at radius 2 is 1.79 bits per heavy atom. The molecule has 0 atom stereocenters. The maximum absolute atomic E-state index is 13.3. The lowest BCUT2D eigenvalue weighted by atomic mass is 10.0. The summed E-state index contributed by atoms with van der Waals surface area (Å²) in [6.07, 6.45) is 1.71. The predicted molar refractivity (Wildman–Crippen MR) is 71.2 cm³/mol. The van der Waals surface area contributed by atoms with E-state index in [1.54, 1.807) is 18.2 Å². The molecule has 3 heteroatoms. The van der Waals surface area contributed by atoms with Gasteiger partial charge in [-0.25, -0.2) is 4.39 Å². The average molecular weight is 255 g/mol. The third kappa shape index (κ3) is 2.36. The minimum absolute atomic E-state index is 0.109. The van der Waals surface area contributed by atoms with Crippen molar-refractivity contribution in [2.24, 2.45) is 0 Å². The smallest absolute Gasteiger partial charge is 0.251 e. The van der Waals surface area contributed by atoms with Crippen molar-refractivity contribution in [1.82, 2.24) is 5.32 Å². The van der Waals surface area contributed by atoms with E-state index < -0.39 is 0 Å². The van der Waals surface area contributed by atoms with E-state index in [1.807, 2.05) is 24.3 Å². The minimum Gasteiger partial charge on any atom is -0.343 e. The summed E-state index contributed by atoms with van der Waals surface area (Å²) in [7, 11) is 0. The summed E-state index contributed by atoms with van der Waals surface area (Å²) in [5, 5.41) is 3.02. The summed E-state index contributed by atoms with van der Waals surface area (Å²) < 4.78 is 13.3. The molecule has 3 rings (SSSR count). The molecule has 0 saturated heterocycles. The predicted octanol–water partition coefficient (Wildman–Crippen LogP) is 3.24. The fourth-order valence-corrected chi connectivity index (χ4v) is 2.28. The van der Waals surface area contributed by atoms with Gasteiger partial charge in [0.15, 0.2) is 0 Å². The number of carbonyl (C=O) groups is 1. The van der Waals surface area contributed by atoms with Crippen LogP contribution in [-0.2, 0) is 5.54 Å². The van der Waals surface area contributed by atoms with Gasteiger partial charge in [0.2, 0.25) is 0 Å². The molecule has 0 spiro atoms. The van der Waals surface area contributed by atoms with Gasteiger partial charge in [0, 0.05) is 5.56 Å². The van der Waals surface area contributed by atoms with Crippen LogP contribution < -0.4 is 5.32 Å². The molecule has 0 radical (unpaired) electrons. The Hall–Kier alpha value is -2.16. The highest BCUT2D eigenvalue weighted by Gasteiger charge is 2.45. The Labute approximate surface area is 111 Å². The number of amides is 1. The number of hydrogen-bond donors (Lipinski definition) is 1. The largest absolute Gasteiger partial charge is 0.343 e. The number of hydrogen-bond acceptors (Lipinski definition) is 1. The first kappa shape index (κ1) is 11.9. The summed E-state index contributed by atoms with van der Waals surface area (Å²) in [5.41, 5.74) is 1.09. The first-order valence-corrected chi connectivity index (χ1v) is 6.33. The molecule has 19 heavy (non-hydrogen) atoms. The van der Waals surface area contributed by atoms with E-state index in [0.29, 0.717) is 5.56 Å². The van der Waals surface area contributed by atoms with Gasteiger partial charge < -0.3 is 5.32 Å². The number of rotatable bonds is 3. The van der Waals surface area contributed by atoms with E-state index >= 15 is 0 Å². The second-order valence-corrected chi connectivity index (χ2v) is 4.91. The quantitative estimate of drug-likeness (QED) is 0.896. The molecule has 0 heterocycles. The highest BCUT2D eigenvalue weighted by molar-refractivity contribution is 5.95. The van der Waals surface area contributed by atoms with Crippen LogP contribution in [0.3, 0.4) is 0 Å². The first-order chi connectivity index (χ1) is 9.20. The standard InChI is InChI=1S/C16H14FNO/c17-14-8-4-7-13(11-14)16(9-10-16)18-15(19)12-5-2-1-3-6-12/h1-8,11H,9-10H2,(H,18,19).